The van der Waals surface area contributed by atoms with Gasteiger partial charge >= 0.3 is 5.97 Å². The first-order chi connectivity index (χ1) is 9.06. The average Bonchev–Trinajstić information content (AvgIpc) is 2.77. The normalized spacial score (nSPS) is 10.4. The van der Waals surface area contributed by atoms with Crippen LogP contribution in [-0.2, 0) is 13.5 Å². The summed E-state index contributed by atoms with van der Waals surface area (Å²) in [4.78, 5) is 11.1. The van der Waals surface area contributed by atoms with E-state index in [9.17, 15) is 4.79 Å². The number of nitrogen functional groups attached to an aromatic ring is 1. The summed E-state index contributed by atoms with van der Waals surface area (Å²) in [6, 6.07) is 4.82. The monoisotopic (exact) mass is 260 g/mol. The van der Waals surface area contributed by atoms with Crippen LogP contribution in [0.1, 0.15) is 15.9 Å². The van der Waals surface area contributed by atoms with Crippen molar-refractivity contribution in [3.05, 3.63) is 41.7 Å². The Balaban J connectivity index is 2.01. The molecule has 2 aromatic rings. The van der Waals surface area contributed by atoms with E-state index in [1.165, 1.54) is 6.07 Å². The number of nitrogens with two attached hydrogens (primary N) is 1. The Kier molecular flexibility index (Phi) is 3.70. The van der Waals surface area contributed by atoms with Crippen molar-refractivity contribution < 1.29 is 9.90 Å². The molecule has 0 radical (unpaired) electrons. The molecule has 6 heteroatoms. The lowest BCUT2D eigenvalue weighted by atomic mass is 10.1. The van der Waals surface area contributed by atoms with Crippen LogP contribution in [0.25, 0.3) is 0 Å². The third-order valence-corrected chi connectivity index (χ3v) is 2.76. The standard InChI is InChI=1S/C13H16N4O2/c1-17-8-9(7-16-17)4-5-15-12-3-2-10(14)6-11(12)13(18)19/h2-3,6-8,15H,4-5,14H2,1H3,(H,18,19). The molecule has 4 N–H and O–H groups in total. The topological polar surface area (TPSA) is 93.2 Å². The number of aryl methyl sites for hydroxylation is 1. The third kappa shape index (κ3) is 3.25. The summed E-state index contributed by atoms with van der Waals surface area (Å²) in [7, 11) is 1.86. The van der Waals surface area contributed by atoms with E-state index in [1.807, 2.05) is 13.2 Å². The van der Waals surface area contributed by atoms with Crippen molar-refractivity contribution in [2.75, 3.05) is 17.6 Å². The molecule has 1 heterocycles. The number of nitrogens with one attached hydrogen (secondary N) is 1. The Morgan fingerprint density at radius 2 is 2.32 bits per heavy atom. The molecule has 0 aliphatic rings. The van der Waals surface area contributed by atoms with Crippen LogP contribution in [0.4, 0.5) is 11.4 Å². The minimum Gasteiger partial charge on any atom is -0.478 e. The maximum atomic E-state index is 11.1. The number of hydrogen-bond donors (Lipinski definition) is 3. The summed E-state index contributed by atoms with van der Waals surface area (Å²) in [5, 5.41) is 16.3. The molecule has 19 heavy (non-hydrogen) atoms. The fourth-order valence-corrected chi connectivity index (χ4v) is 1.84. The predicted molar refractivity (Wildman–Crippen MR) is 73.2 cm³/mol. The first-order valence-electron chi connectivity index (χ1n) is 5.90. The van der Waals surface area contributed by atoms with Crippen molar-refractivity contribution in [1.29, 1.82) is 0 Å². The molecular weight excluding hydrogens is 244 g/mol. The van der Waals surface area contributed by atoms with Crippen LogP contribution in [0, 0.1) is 0 Å². The van der Waals surface area contributed by atoms with E-state index in [0.29, 0.717) is 17.9 Å². The van der Waals surface area contributed by atoms with Gasteiger partial charge in [0.15, 0.2) is 0 Å². The van der Waals surface area contributed by atoms with Gasteiger partial charge in [-0.3, -0.25) is 4.68 Å². The van der Waals surface area contributed by atoms with E-state index in [1.54, 1.807) is 23.0 Å². The van der Waals surface area contributed by atoms with Crippen molar-refractivity contribution in [3.63, 3.8) is 0 Å². The van der Waals surface area contributed by atoms with Crippen LogP contribution in [0.15, 0.2) is 30.6 Å². The molecule has 0 bridgehead atoms. The number of carboxylic acid groups (broad SMARTS) is 1. The van der Waals surface area contributed by atoms with Crippen LogP contribution in [-0.4, -0.2) is 27.4 Å². The van der Waals surface area contributed by atoms with Crippen molar-refractivity contribution in [2.24, 2.45) is 7.05 Å². The zero-order valence-corrected chi connectivity index (χ0v) is 10.6. The van der Waals surface area contributed by atoms with E-state index in [2.05, 4.69) is 10.4 Å². The molecule has 100 valence electrons. The number of carbonyl (C=O) groups is 1. The fraction of sp³-hybridized carbons (Fsp3) is 0.231. The minimum absolute atomic E-state index is 0.186. The van der Waals surface area contributed by atoms with Gasteiger partial charge in [0.1, 0.15) is 0 Å². The fourth-order valence-electron chi connectivity index (χ4n) is 1.84. The molecule has 0 unspecified atom stereocenters. The highest BCUT2D eigenvalue weighted by Gasteiger charge is 2.10. The van der Waals surface area contributed by atoms with Gasteiger partial charge in [-0.2, -0.15) is 5.10 Å². The summed E-state index contributed by atoms with van der Waals surface area (Å²) in [6.07, 6.45) is 4.50. The summed E-state index contributed by atoms with van der Waals surface area (Å²) in [5.74, 6) is -0.990. The maximum Gasteiger partial charge on any atom is 0.337 e. The van der Waals surface area contributed by atoms with Gasteiger partial charge in [-0.25, -0.2) is 4.79 Å². The van der Waals surface area contributed by atoms with Crippen molar-refractivity contribution in [2.45, 2.75) is 6.42 Å². The lowest BCUT2D eigenvalue weighted by molar-refractivity contribution is 0.0698. The van der Waals surface area contributed by atoms with Crippen molar-refractivity contribution >= 4 is 17.3 Å². The van der Waals surface area contributed by atoms with Crippen molar-refractivity contribution in [3.8, 4) is 0 Å². The van der Waals surface area contributed by atoms with Gasteiger partial charge < -0.3 is 16.2 Å². The molecule has 0 aliphatic heterocycles. The highest BCUT2D eigenvalue weighted by Crippen LogP contribution is 2.18. The number of nitrogens with zero attached hydrogens (tertiary/aromatic N) is 2. The van der Waals surface area contributed by atoms with Gasteiger partial charge in [0.05, 0.1) is 11.8 Å². The van der Waals surface area contributed by atoms with Gasteiger partial charge in [-0.15, -0.1) is 0 Å². The molecule has 0 saturated heterocycles. The summed E-state index contributed by atoms with van der Waals surface area (Å²) >= 11 is 0. The summed E-state index contributed by atoms with van der Waals surface area (Å²) in [6.45, 7) is 0.635. The van der Waals surface area contributed by atoms with Crippen LogP contribution in [0.3, 0.4) is 0 Å². The number of rotatable bonds is 5. The maximum absolute atomic E-state index is 11.1. The molecule has 0 saturated carbocycles. The number of anilines is 2. The van der Waals surface area contributed by atoms with Crippen LogP contribution in [0.2, 0.25) is 0 Å². The quantitative estimate of drug-likeness (QED) is 0.706. The summed E-state index contributed by atoms with van der Waals surface area (Å²) < 4.78 is 1.74. The zero-order valence-electron chi connectivity index (χ0n) is 10.6. The van der Waals surface area contributed by atoms with Crippen LogP contribution >= 0.6 is 0 Å². The molecule has 0 atom stereocenters. The van der Waals surface area contributed by atoms with Gasteiger partial charge in [0.25, 0.3) is 0 Å². The van der Waals surface area contributed by atoms with E-state index in [0.717, 1.165) is 12.0 Å². The van der Waals surface area contributed by atoms with Gasteiger partial charge in [0, 0.05) is 31.2 Å². The molecule has 1 aromatic carbocycles. The lowest BCUT2D eigenvalue weighted by Gasteiger charge is -2.09. The van der Waals surface area contributed by atoms with Gasteiger partial charge in [-0.05, 0) is 30.2 Å². The van der Waals surface area contributed by atoms with Crippen molar-refractivity contribution in [1.82, 2.24) is 9.78 Å². The summed E-state index contributed by atoms with van der Waals surface area (Å²) in [5.41, 5.74) is 7.89. The largest absolute Gasteiger partial charge is 0.478 e. The number of aromatic carboxylic acids is 1. The van der Waals surface area contributed by atoms with Crippen LogP contribution < -0.4 is 11.1 Å². The van der Waals surface area contributed by atoms with Gasteiger partial charge in [-0.1, -0.05) is 0 Å². The molecule has 0 amide bonds. The second-order valence-corrected chi connectivity index (χ2v) is 4.31. The minimum atomic E-state index is -0.990. The number of aromatic nitrogens is 2. The molecule has 6 nitrogen and oxygen atoms in total. The Hall–Kier alpha value is -2.50. The highest BCUT2D eigenvalue weighted by molar-refractivity contribution is 5.95. The first kappa shape index (κ1) is 12.9. The Morgan fingerprint density at radius 1 is 1.53 bits per heavy atom. The molecule has 0 fully saturated rings. The number of benzene rings is 1. The molecular formula is C13H16N4O2. The Morgan fingerprint density at radius 3 is 2.95 bits per heavy atom. The smallest absolute Gasteiger partial charge is 0.337 e. The van der Waals surface area contributed by atoms with E-state index in [-0.39, 0.29) is 5.56 Å². The molecule has 0 spiro atoms. The Bertz CT molecular complexity index is 592. The Labute approximate surface area is 110 Å². The zero-order chi connectivity index (χ0) is 13.8. The predicted octanol–water partition coefficient (Wildman–Crippen LogP) is 1.36. The highest BCUT2D eigenvalue weighted by atomic mass is 16.4. The average molecular weight is 260 g/mol. The third-order valence-electron chi connectivity index (χ3n) is 2.76. The molecule has 2 rings (SSSR count). The molecule has 0 aliphatic carbocycles. The van der Waals surface area contributed by atoms with E-state index >= 15 is 0 Å². The second kappa shape index (κ2) is 5.43. The second-order valence-electron chi connectivity index (χ2n) is 4.31. The van der Waals surface area contributed by atoms with Crippen LogP contribution in [0.5, 0.6) is 0 Å². The number of carboxylic acids is 1. The number of hydrogen-bond acceptors (Lipinski definition) is 4. The lowest BCUT2D eigenvalue weighted by Crippen LogP contribution is -2.09. The first-order valence-corrected chi connectivity index (χ1v) is 5.90. The van der Waals surface area contributed by atoms with E-state index in [4.69, 9.17) is 10.8 Å². The SMILES string of the molecule is Cn1cc(CCNc2ccc(N)cc2C(=O)O)cn1. The van der Waals surface area contributed by atoms with Gasteiger partial charge in [0.2, 0.25) is 0 Å². The molecule has 1 aromatic heterocycles. The van der Waals surface area contributed by atoms with E-state index < -0.39 is 5.97 Å².